The molecule has 0 saturated carbocycles. The van der Waals surface area contributed by atoms with Crippen LogP contribution in [0.1, 0.15) is 15.9 Å². The van der Waals surface area contributed by atoms with E-state index in [4.69, 9.17) is 11.6 Å². The van der Waals surface area contributed by atoms with Crippen LogP contribution in [-0.2, 0) is 6.18 Å². The van der Waals surface area contributed by atoms with E-state index in [2.05, 4.69) is 21.2 Å². The highest BCUT2D eigenvalue weighted by Gasteiger charge is 2.30. The van der Waals surface area contributed by atoms with Gasteiger partial charge in [0.2, 0.25) is 0 Å². The van der Waals surface area contributed by atoms with Gasteiger partial charge in [0.1, 0.15) is 0 Å². The van der Waals surface area contributed by atoms with Crippen molar-refractivity contribution in [2.45, 2.75) is 6.18 Å². The van der Waals surface area contributed by atoms with E-state index < -0.39 is 17.6 Å². The Morgan fingerprint density at radius 1 is 1.14 bits per heavy atom. The molecule has 0 heterocycles. The second-order valence-corrected chi connectivity index (χ2v) is 5.42. The number of nitrogens with one attached hydrogen (secondary N) is 1. The zero-order valence-electron chi connectivity index (χ0n) is 10.3. The Bertz CT molecular complexity index is 688. The van der Waals surface area contributed by atoms with Crippen LogP contribution in [0.2, 0.25) is 5.02 Å². The summed E-state index contributed by atoms with van der Waals surface area (Å²) in [6, 6.07) is 8.95. The van der Waals surface area contributed by atoms with Crippen molar-refractivity contribution in [1.82, 2.24) is 0 Å². The third kappa shape index (κ3) is 3.98. The smallest absolute Gasteiger partial charge is 0.322 e. The fraction of sp³-hybridized carbons (Fsp3) is 0.0714. The topological polar surface area (TPSA) is 29.1 Å². The number of hydrogen-bond acceptors (Lipinski definition) is 1. The molecule has 0 aliphatic heterocycles. The zero-order chi connectivity index (χ0) is 15.6. The molecule has 110 valence electrons. The number of benzene rings is 2. The second kappa shape index (κ2) is 6.07. The summed E-state index contributed by atoms with van der Waals surface area (Å²) >= 11 is 9.06. The highest BCUT2D eigenvalue weighted by atomic mass is 79.9. The summed E-state index contributed by atoms with van der Waals surface area (Å²) in [4.78, 5) is 12.0. The molecule has 0 atom stereocenters. The van der Waals surface area contributed by atoms with Gasteiger partial charge >= 0.3 is 6.18 Å². The van der Waals surface area contributed by atoms with E-state index in [0.29, 0.717) is 9.50 Å². The van der Waals surface area contributed by atoms with Crippen molar-refractivity contribution in [2.75, 3.05) is 5.32 Å². The quantitative estimate of drug-likeness (QED) is 0.747. The molecule has 0 aliphatic carbocycles. The lowest BCUT2D eigenvalue weighted by atomic mass is 10.1. The first-order valence-corrected chi connectivity index (χ1v) is 6.88. The molecule has 1 N–H and O–H groups in total. The predicted molar refractivity (Wildman–Crippen MR) is 78.5 cm³/mol. The molecule has 0 spiro atoms. The Hall–Kier alpha value is -1.53. The number of alkyl halides is 3. The molecule has 0 aromatic heterocycles. The molecule has 0 saturated heterocycles. The molecule has 2 aromatic rings. The number of carbonyl (C=O) groups excluding carboxylic acids is 1. The summed E-state index contributed by atoms with van der Waals surface area (Å²) in [6.45, 7) is 0. The second-order valence-electron chi connectivity index (χ2n) is 4.16. The van der Waals surface area contributed by atoms with E-state index in [1.165, 1.54) is 24.3 Å². The summed E-state index contributed by atoms with van der Waals surface area (Å²) < 4.78 is 38.4. The van der Waals surface area contributed by atoms with E-state index in [1.807, 2.05) is 0 Å². The van der Waals surface area contributed by atoms with Gasteiger partial charge in [-0.15, -0.1) is 0 Å². The van der Waals surface area contributed by atoms with Crippen molar-refractivity contribution < 1.29 is 18.0 Å². The maximum atomic E-state index is 12.6. The summed E-state index contributed by atoms with van der Waals surface area (Å²) in [5.41, 5.74) is -0.511. The normalized spacial score (nSPS) is 11.3. The molecule has 0 bridgehead atoms. The number of amides is 1. The van der Waals surface area contributed by atoms with Crippen LogP contribution >= 0.6 is 27.5 Å². The first kappa shape index (κ1) is 15.9. The molecule has 7 heteroatoms. The van der Waals surface area contributed by atoms with Crippen LogP contribution in [0.15, 0.2) is 46.9 Å². The van der Waals surface area contributed by atoms with Crippen LogP contribution in [0.5, 0.6) is 0 Å². The Kier molecular flexibility index (Phi) is 4.58. The van der Waals surface area contributed by atoms with Gasteiger partial charge in [-0.2, -0.15) is 13.2 Å². The van der Waals surface area contributed by atoms with Gasteiger partial charge in [0.25, 0.3) is 5.91 Å². The zero-order valence-corrected chi connectivity index (χ0v) is 12.7. The van der Waals surface area contributed by atoms with Crippen molar-refractivity contribution in [2.24, 2.45) is 0 Å². The van der Waals surface area contributed by atoms with Crippen molar-refractivity contribution in [3.05, 3.63) is 63.1 Å². The van der Waals surface area contributed by atoms with Crippen molar-refractivity contribution in [3.63, 3.8) is 0 Å². The van der Waals surface area contributed by atoms with Crippen LogP contribution in [0.25, 0.3) is 0 Å². The molecule has 0 aliphatic rings. The van der Waals surface area contributed by atoms with Crippen LogP contribution in [0.4, 0.5) is 18.9 Å². The molecule has 0 radical (unpaired) electrons. The molecule has 2 aromatic carbocycles. The van der Waals surface area contributed by atoms with Gasteiger partial charge in [0.05, 0.1) is 10.6 Å². The lowest BCUT2D eigenvalue weighted by molar-refractivity contribution is -0.137. The Morgan fingerprint density at radius 3 is 2.48 bits per heavy atom. The molecule has 0 unspecified atom stereocenters. The molecule has 1 amide bonds. The number of hydrogen-bond donors (Lipinski definition) is 1. The highest BCUT2D eigenvalue weighted by molar-refractivity contribution is 9.10. The van der Waals surface area contributed by atoms with E-state index in [9.17, 15) is 18.0 Å². The van der Waals surface area contributed by atoms with Crippen molar-refractivity contribution >= 4 is 39.1 Å². The van der Waals surface area contributed by atoms with Gasteiger partial charge < -0.3 is 5.32 Å². The average Bonchev–Trinajstić information content (AvgIpc) is 2.41. The molecule has 0 fully saturated rings. The number of anilines is 1. The van der Waals surface area contributed by atoms with Crippen LogP contribution in [0, 0.1) is 0 Å². The average molecular weight is 379 g/mol. The molecule has 2 nitrogen and oxygen atoms in total. The predicted octanol–water partition coefficient (Wildman–Crippen LogP) is 5.37. The number of rotatable bonds is 2. The van der Waals surface area contributed by atoms with E-state index in [1.54, 1.807) is 6.07 Å². The number of carbonyl (C=O) groups is 1. The first-order chi connectivity index (χ1) is 9.77. The summed E-state index contributed by atoms with van der Waals surface area (Å²) in [6.07, 6.45) is -4.46. The minimum atomic E-state index is -4.46. The van der Waals surface area contributed by atoms with E-state index in [-0.39, 0.29) is 11.3 Å². The Labute approximate surface area is 132 Å². The van der Waals surface area contributed by atoms with Crippen LogP contribution in [-0.4, -0.2) is 5.91 Å². The Morgan fingerprint density at radius 2 is 1.86 bits per heavy atom. The lowest BCUT2D eigenvalue weighted by Gasteiger charge is -2.10. The summed E-state index contributed by atoms with van der Waals surface area (Å²) in [7, 11) is 0. The first-order valence-electron chi connectivity index (χ1n) is 5.71. The third-order valence-corrected chi connectivity index (χ3v) is 3.86. The van der Waals surface area contributed by atoms with Crippen LogP contribution in [0.3, 0.4) is 0 Å². The van der Waals surface area contributed by atoms with E-state index >= 15 is 0 Å². The molecular weight excluding hydrogens is 371 g/mol. The standard InChI is InChI=1S/C14H8BrClF3NO/c15-11-5-4-8(6-12(11)16)13(21)20-10-3-1-2-9(7-10)14(17,18)19/h1-7H,(H,20,21). The summed E-state index contributed by atoms with van der Waals surface area (Å²) in [5.74, 6) is -0.538. The SMILES string of the molecule is O=C(Nc1cccc(C(F)(F)F)c1)c1ccc(Br)c(Cl)c1. The lowest BCUT2D eigenvalue weighted by Crippen LogP contribution is -2.13. The van der Waals surface area contributed by atoms with Gasteiger partial charge in [0, 0.05) is 15.7 Å². The molecule has 21 heavy (non-hydrogen) atoms. The Balaban J connectivity index is 2.21. The minimum Gasteiger partial charge on any atom is -0.322 e. The fourth-order valence-corrected chi connectivity index (χ4v) is 2.04. The number of halogens is 5. The largest absolute Gasteiger partial charge is 0.416 e. The highest BCUT2D eigenvalue weighted by Crippen LogP contribution is 2.31. The third-order valence-electron chi connectivity index (χ3n) is 2.63. The van der Waals surface area contributed by atoms with Gasteiger partial charge in [-0.25, -0.2) is 0 Å². The van der Waals surface area contributed by atoms with Crippen molar-refractivity contribution in [3.8, 4) is 0 Å². The van der Waals surface area contributed by atoms with E-state index in [0.717, 1.165) is 12.1 Å². The fourth-order valence-electron chi connectivity index (χ4n) is 1.61. The minimum absolute atomic E-state index is 0.0638. The molecule has 2 rings (SSSR count). The van der Waals surface area contributed by atoms with Gasteiger partial charge in [-0.05, 0) is 52.3 Å². The van der Waals surface area contributed by atoms with Gasteiger partial charge in [0.15, 0.2) is 0 Å². The molecular formula is C14H8BrClF3NO. The maximum Gasteiger partial charge on any atom is 0.416 e. The summed E-state index contributed by atoms with van der Waals surface area (Å²) in [5, 5.41) is 2.74. The van der Waals surface area contributed by atoms with Gasteiger partial charge in [-0.3, -0.25) is 4.79 Å². The maximum absolute atomic E-state index is 12.6. The van der Waals surface area contributed by atoms with Crippen molar-refractivity contribution in [1.29, 1.82) is 0 Å². The van der Waals surface area contributed by atoms with Crippen LogP contribution < -0.4 is 5.32 Å². The van der Waals surface area contributed by atoms with Gasteiger partial charge in [-0.1, -0.05) is 17.7 Å². The monoisotopic (exact) mass is 377 g/mol.